The molecular formula is C12H20N4O2. The first-order chi connectivity index (χ1) is 8.65. The van der Waals surface area contributed by atoms with Crippen molar-refractivity contribution < 1.29 is 9.53 Å². The predicted octanol–water partition coefficient (Wildman–Crippen LogP) is 0.171. The molecule has 0 radical (unpaired) electrons. The van der Waals surface area contributed by atoms with Gasteiger partial charge in [0.2, 0.25) is 0 Å². The zero-order valence-corrected chi connectivity index (χ0v) is 10.8. The lowest BCUT2D eigenvalue weighted by molar-refractivity contribution is 0.0827. The Bertz CT molecular complexity index is 365. The number of rotatable bonds is 7. The fraction of sp³-hybridized carbons (Fsp3) is 0.500. The first-order valence-electron chi connectivity index (χ1n) is 5.84. The molecule has 6 heteroatoms. The number of hydrogen-bond donors (Lipinski definition) is 2. The van der Waals surface area contributed by atoms with Crippen LogP contribution in [-0.2, 0) is 4.74 Å². The largest absolute Gasteiger partial charge is 0.378 e. The Morgan fingerprint density at radius 3 is 2.78 bits per heavy atom. The third-order valence-electron chi connectivity index (χ3n) is 2.23. The molecule has 0 aliphatic carbocycles. The van der Waals surface area contributed by atoms with Crippen LogP contribution in [0, 0.1) is 0 Å². The average Bonchev–Trinajstić information content (AvgIpc) is 2.38. The lowest BCUT2D eigenvalue weighted by atomic mass is 10.2. The van der Waals surface area contributed by atoms with E-state index in [1.807, 2.05) is 0 Å². The van der Waals surface area contributed by atoms with Crippen LogP contribution in [0.15, 0.2) is 18.3 Å². The Kier molecular flexibility index (Phi) is 6.10. The van der Waals surface area contributed by atoms with Crippen LogP contribution in [0.2, 0.25) is 0 Å². The molecule has 0 unspecified atom stereocenters. The maximum absolute atomic E-state index is 11.6. The van der Waals surface area contributed by atoms with Crippen LogP contribution in [0.5, 0.6) is 0 Å². The van der Waals surface area contributed by atoms with E-state index in [1.54, 1.807) is 32.4 Å². The number of anilines is 1. The second kappa shape index (κ2) is 7.62. The van der Waals surface area contributed by atoms with Crippen molar-refractivity contribution in [3.63, 3.8) is 0 Å². The topological polar surface area (TPSA) is 80.5 Å². The Balaban J connectivity index is 2.38. The Labute approximate surface area is 107 Å². The highest BCUT2D eigenvalue weighted by Crippen LogP contribution is 2.06. The monoisotopic (exact) mass is 252 g/mol. The maximum Gasteiger partial charge on any atom is 0.254 e. The molecule has 0 fully saturated rings. The van der Waals surface area contributed by atoms with E-state index in [0.717, 1.165) is 5.82 Å². The minimum absolute atomic E-state index is 0.0553. The van der Waals surface area contributed by atoms with Crippen molar-refractivity contribution in [2.45, 2.75) is 0 Å². The third kappa shape index (κ3) is 4.68. The molecule has 3 N–H and O–H groups in total. The van der Waals surface area contributed by atoms with Gasteiger partial charge in [-0.1, -0.05) is 0 Å². The standard InChI is InChI=1S/C12H20N4O2/c1-16(2)12(17)10-3-4-11(15-9-10)14-6-8-18-7-5-13/h3-4,9H,5-8,13H2,1-2H3,(H,14,15). The highest BCUT2D eigenvalue weighted by molar-refractivity contribution is 5.93. The van der Waals surface area contributed by atoms with Crippen molar-refractivity contribution in [3.8, 4) is 0 Å². The molecular weight excluding hydrogens is 232 g/mol. The lowest BCUT2D eigenvalue weighted by Gasteiger charge is -2.10. The highest BCUT2D eigenvalue weighted by atomic mass is 16.5. The van der Waals surface area contributed by atoms with Crippen LogP contribution in [0.3, 0.4) is 0 Å². The minimum Gasteiger partial charge on any atom is -0.378 e. The molecule has 0 aliphatic rings. The van der Waals surface area contributed by atoms with E-state index < -0.39 is 0 Å². The normalized spacial score (nSPS) is 10.2. The van der Waals surface area contributed by atoms with Gasteiger partial charge < -0.3 is 20.7 Å². The fourth-order valence-corrected chi connectivity index (χ4v) is 1.32. The molecule has 0 aliphatic heterocycles. The van der Waals surface area contributed by atoms with E-state index in [0.29, 0.717) is 31.9 Å². The van der Waals surface area contributed by atoms with Gasteiger partial charge in [-0.2, -0.15) is 0 Å². The Morgan fingerprint density at radius 2 is 2.22 bits per heavy atom. The number of amides is 1. The molecule has 0 atom stereocenters. The summed E-state index contributed by atoms with van der Waals surface area (Å²) >= 11 is 0. The molecule has 18 heavy (non-hydrogen) atoms. The van der Waals surface area contributed by atoms with Gasteiger partial charge in [0.1, 0.15) is 5.82 Å². The summed E-state index contributed by atoms with van der Waals surface area (Å²) in [6.45, 7) is 2.33. The summed E-state index contributed by atoms with van der Waals surface area (Å²) in [5, 5.41) is 3.10. The smallest absolute Gasteiger partial charge is 0.254 e. The summed E-state index contributed by atoms with van der Waals surface area (Å²) in [5.74, 6) is 0.669. The zero-order valence-electron chi connectivity index (χ0n) is 10.8. The molecule has 1 rings (SSSR count). The first kappa shape index (κ1) is 14.4. The Hall–Kier alpha value is -1.66. The SMILES string of the molecule is CN(C)C(=O)c1ccc(NCCOCCN)nc1. The number of ether oxygens (including phenoxy) is 1. The Morgan fingerprint density at radius 1 is 1.44 bits per heavy atom. The molecule has 0 spiro atoms. The number of carbonyl (C=O) groups excluding carboxylic acids is 1. The van der Waals surface area contributed by atoms with Crippen LogP contribution < -0.4 is 11.1 Å². The highest BCUT2D eigenvalue weighted by Gasteiger charge is 2.07. The van der Waals surface area contributed by atoms with E-state index in [2.05, 4.69) is 10.3 Å². The number of pyridine rings is 1. The van der Waals surface area contributed by atoms with Crippen molar-refractivity contribution in [3.05, 3.63) is 23.9 Å². The van der Waals surface area contributed by atoms with E-state index in [-0.39, 0.29) is 5.91 Å². The van der Waals surface area contributed by atoms with E-state index in [1.165, 1.54) is 4.90 Å². The molecule has 1 heterocycles. The molecule has 0 aromatic carbocycles. The maximum atomic E-state index is 11.6. The van der Waals surface area contributed by atoms with Crippen LogP contribution in [0.4, 0.5) is 5.82 Å². The summed E-state index contributed by atoms with van der Waals surface area (Å²) in [4.78, 5) is 17.3. The van der Waals surface area contributed by atoms with Gasteiger partial charge in [0.05, 0.1) is 18.8 Å². The average molecular weight is 252 g/mol. The number of nitrogens with zero attached hydrogens (tertiary/aromatic N) is 2. The van der Waals surface area contributed by atoms with Crippen molar-refractivity contribution in [1.82, 2.24) is 9.88 Å². The number of aromatic nitrogens is 1. The fourth-order valence-electron chi connectivity index (χ4n) is 1.32. The van der Waals surface area contributed by atoms with Crippen molar-refractivity contribution in [2.24, 2.45) is 5.73 Å². The van der Waals surface area contributed by atoms with Gasteiger partial charge in [-0.25, -0.2) is 4.98 Å². The van der Waals surface area contributed by atoms with Gasteiger partial charge in [0.25, 0.3) is 5.91 Å². The van der Waals surface area contributed by atoms with Gasteiger partial charge in [0, 0.05) is 33.4 Å². The number of nitrogens with two attached hydrogens (primary N) is 1. The van der Waals surface area contributed by atoms with Gasteiger partial charge in [-0.05, 0) is 12.1 Å². The van der Waals surface area contributed by atoms with Crippen molar-refractivity contribution in [1.29, 1.82) is 0 Å². The summed E-state index contributed by atoms with van der Waals surface area (Å²) in [6, 6.07) is 3.53. The molecule has 0 saturated carbocycles. The van der Waals surface area contributed by atoms with E-state index >= 15 is 0 Å². The zero-order chi connectivity index (χ0) is 13.4. The predicted molar refractivity (Wildman–Crippen MR) is 70.6 cm³/mol. The number of carbonyl (C=O) groups is 1. The van der Waals surface area contributed by atoms with Gasteiger partial charge in [0.15, 0.2) is 0 Å². The molecule has 100 valence electrons. The van der Waals surface area contributed by atoms with Crippen LogP contribution in [-0.4, -0.2) is 56.2 Å². The molecule has 0 saturated heterocycles. The van der Waals surface area contributed by atoms with Crippen molar-refractivity contribution >= 4 is 11.7 Å². The second-order valence-corrected chi connectivity index (χ2v) is 3.96. The van der Waals surface area contributed by atoms with E-state index in [4.69, 9.17) is 10.5 Å². The number of hydrogen-bond acceptors (Lipinski definition) is 5. The van der Waals surface area contributed by atoms with Crippen LogP contribution in [0.25, 0.3) is 0 Å². The number of nitrogens with one attached hydrogen (secondary N) is 1. The van der Waals surface area contributed by atoms with Crippen LogP contribution >= 0.6 is 0 Å². The molecule has 1 aromatic heterocycles. The summed E-state index contributed by atoms with van der Waals surface area (Å²) in [6.07, 6.45) is 1.56. The molecule has 1 aromatic rings. The van der Waals surface area contributed by atoms with Gasteiger partial charge >= 0.3 is 0 Å². The second-order valence-electron chi connectivity index (χ2n) is 3.96. The summed E-state index contributed by atoms with van der Waals surface area (Å²) in [5.41, 5.74) is 5.87. The molecule has 6 nitrogen and oxygen atoms in total. The molecule has 0 bridgehead atoms. The quantitative estimate of drug-likeness (QED) is 0.676. The third-order valence-corrected chi connectivity index (χ3v) is 2.23. The van der Waals surface area contributed by atoms with Crippen molar-refractivity contribution in [2.75, 3.05) is 45.7 Å². The summed E-state index contributed by atoms with van der Waals surface area (Å²) < 4.78 is 5.22. The van der Waals surface area contributed by atoms with Gasteiger partial charge in [-0.15, -0.1) is 0 Å². The lowest BCUT2D eigenvalue weighted by Crippen LogP contribution is -2.21. The summed E-state index contributed by atoms with van der Waals surface area (Å²) in [7, 11) is 3.42. The van der Waals surface area contributed by atoms with Gasteiger partial charge in [-0.3, -0.25) is 4.79 Å². The molecule has 1 amide bonds. The first-order valence-corrected chi connectivity index (χ1v) is 5.84. The van der Waals surface area contributed by atoms with E-state index in [9.17, 15) is 4.79 Å². The minimum atomic E-state index is -0.0553. The van der Waals surface area contributed by atoms with Crippen LogP contribution in [0.1, 0.15) is 10.4 Å².